The molecule has 1 atom stereocenters. The van der Waals surface area contributed by atoms with Crippen LogP contribution in [-0.2, 0) is 10.0 Å². The Morgan fingerprint density at radius 3 is 2.65 bits per heavy atom. The van der Waals surface area contributed by atoms with Crippen LogP contribution in [0, 0.1) is 6.92 Å². The summed E-state index contributed by atoms with van der Waals surface area (Å²) >= 11 is 0. The first-order valence-electron chi connectivity index (χ1n) is 5.19. The summed E-state index contributed by atoms with van der Waals surface area (Å²) in [5.74, 6) is 0.286. The Morgan fingerprint density at radius 1 is 1.47 bits per heavy atom. The van der Waals surface area contributed by atoms with Crippen LogP contribution < -0.4 is 9.46 Å². The third kappa shape index (κ3) is 3.69. The molecular formula is C11H17NO4S. The molecular weight excluding hydrogens is 242 g/mol. The lowest BCUT2D eigenvalue weighted by Crippen LogP contribution is -2.30. The fraction of sp³-hybridized carbons (Fsp3) is 0.455. The molecule has 0 amide bonds. The van der Waals surface area contributed by atoms with Crippen LogP contribution in [0.3, 0.4) is 0 Å². The molecule has 0 bridgehead atoms. The molecule has 0 aliphatic rings. The molecule has 0 saturated heterocycles. The fourth-order valence-corrected chi connectivity index (χ4v) is 2.68. The molecule has 1 unspecified atom stereocenters. The van der Waals surface area contributed by atoms with Gasteiger partial charge in [-0.2, -0.15) is 0 Å². The summed E-state index contributed by atoms with van der Waals surface area (Å²) in [7, 11) is -2.24. The van der Waals surface area contributed by atoms with Crippen LogP contribution in [0.2, 0.25) is 0 Å². The van der Waals surface area contributed by atoms with Crippen molar-refractivity contribution in [2.45, 2.75) is 24.8 Å². The molecule has 0 aromatic heterocycles. The Balaban J connectivity index is 3.09. The number of benzene rings is 1. The van der Waals surface area contributed by atoms with E-state index in [1.807, 2.05) is 0 Å². The zero-order chi connectivity index (χ0) is 13.1. The third-order valence-electron chi connectivity index (χ3n) is 2.18. The minimum Gasteiger partial charge on any atom is -0.495 e. The van der Waals surface area contributed by atoms with Crippen molar-refractivity contribution in [3.05, 3.63) is 23.8 Å². The van der Waals surface area contributed by atoms with Gasteiger partial charge in [-0.15, -0.1) is 0 Å². The molecule has 2 N–H and O–H groups in total. The van der Waals surface area contributed by atoms with E-state index in [1.165, 1.54) is 20.1 Å². The summed E-state index contributed by atoms with van der Waals surface area (Å²) in [5, 5.41) is 9.09. The van der Waals surface area contributed by atoms with E-state index in [2.05, 4.69) is 4.72 Å². The highest BCUT2D eigenvalue weighted by Crippen LogP contribution is 2.24. The van der Waals surface area contributed by atoms with Gasteiger partial charge in [0.05, 0.1) is 13.2 Å². The molecule has 0 saturated carbocycles. The number of hydrogen-bond donors (Lipinski definition) is 2. The summed E-state index contributed by atoms with van der Waals surface area (Å²) < 4.78 is 31.3. The van der Waals surface area contributed by atoms with Crippen LogP contribution in [0.15, 0.2) is 23.1 Å². The highest BCUT2D eigenvalue weighted by Gasteiger charge is 2.19. The lowest BCUT2D eigenvalue weighted by molar-refractivity contribution is 0.198. The van der Waals surface area contributed by atoms with Gasteiger partial charge in [-0.1, -0.05) is 6.07 Å². The minimum absolute atomic E-state index is 0.0283. The molecule has 0 radical (unpaired) electrons. The van der Waals surface area contributed by atoms with Crippen molar-refractivity contribution in [3.8, 4) is 5.75 Å². The second-order valence-corrected chi connectivity index (χ2v) is 5.59. The second kappa shape index (κ2) is 5.48. The second-order valence-electron chi connectivity index (χ2n) is 3.86. The molecule has 6 heteroatoms. The molecule has 1 aromatic carbocycles. The van der Waals surface area contributed by atoms with E-state index in [9.17, 15) is 8.42 Å². The highest BCUT2D eigenvalue weighted by molar-refractivity contribution is 7.89. The van der Waals surface area contributed by atoms with Gasteiger partial charge in [0.1, 0.15) is 10.6 Å². The normalized spacial score (nSPS) is 13.4. The van der Waals surface area contributed by atoms with Gasteiger partial charge in [-0.3, -0.25) is 0 Å². The Hall–Kier alpha value is -1.11. The Labute approximate surface area is 101 Å². The first-order valence-corrected chi connectivity index (χ1v) is 6.67. The standard InChI is InChI=1S/C11H17NO4S/c1-8-4-5-10(16-3)11(6-8)17(14,15)12-7-9(2)13/h4-6,9,12-13H,7H2,1-3H3. The van der Waals surface area contributed by atoms with Crippen molar-refractivity contribution in [1.29, 1.82) is 0 Å². The van der Waals surface area contributed by atoms with E-state index in [1.54, 1.807) is 19.1 Å². The molecule has 0 aliphatic heterocycles. The molecule has 1 rings (SSSR count). The largest absolute Gasteiger partial charge is 0.495 e. The van der Waals surface area contributed by atoms with Crippen molar-refractivity contribution < 1.29 is 18.3 Å². The van der Waals surface area contributed by atoms with E-state index < -0.39 is 16.1 Å². The van der Waals surface area contributed by atoms with E-state index in [0.29, 0.717) is 0 Å². The number of hydrogen-bond acceptors (Lipinski definition) is 4. The molecule has 0 fully saturated rings. The van der Waals surface area contributed by atoms with Crippen LogP contribution in [0.4, 0.5) is 0 Å². The SMILES string of the molecule is COc1ccc(C)cc1S(=O)(=O)NCC(C)O. The average molecular weight is 259 g/mol. The molecule has 96 valence electrons. The van der Waals surface area contributed by atoms with Gasteiger partial charge < -0.3 is 9.84 Å². The van der Waals surface area contributed by atoms with Gasteiger partial charge in [0.25, 0.3) is 0 Å². The number of aliphatic hydroxyl groups excluding tert-OH is 1. The number of nitrogens with one attached hydrogen (secondary N) is 1. The third-order valence-corrected chi connectivity index (χ3v) is 3.62. The van der Waals surface area contributed by atoms with E-state index in [4.69, 9.17) is 9.84 Å². The van der Waals surface area contributed by atoms with Gasteiger partial charge in [0, 0.05) is 6.54 Å². The molecule has 0 aliphatic carbocycles. The summed E-state index contributed by atoms with van der Waals surface area (Å²) in [6, 6.07) is 4.90. The first-order chi connectivity index (χ1) is 7.86. The summed E-state index contributed by atoms with van der Waals surface area (Å²) in [5.41, 5.74) is 0.822. The number of aryl methyl sites for hydroxylation is 1. The van der Waals surface area contributed by atoms with Crippen molar-refractivity contribution in [1.82, 2.24) is 4.72 Å². The van der Waals surface area contributed by atoms with E-state index >= 15 is 0 Å². The zero-order valence-corrected chi connectivity index (χ0v) is 10.9. The summed E-state index contributed by atoms with van der Waals surface area (Å²) in [6.07, 6.45) is -0.736. The average Bonchev–Trinajstić information content (AvgIpc) is 2.26. The predicted octanol–water partition coefficient (Wildman–Crippen LogP) is 0.663. The van der Waals surface area contributed by atoms with Gasteiger partial charge >= 0.3 is 0 Å². The lowest BCUT2D eigenvalue weighted by Gasteiger charge is -2.12. The van der Waals surface area contributed by atoms with E-state index in [0.717, 1.165) is 5.56 Å². The van der Waals surface area contributed by atoms with Gasteiger partial charge in [0.2, 0.25) is 10.0 Å². The topological polar surface area (TPSA) is 75.6 Å². The number of sulfonamides is 1. The van der Waals surface area contributed by atoms with Crippen molar-refractivity contribution in [2.75, 3.05) is 13.7 Å². The van der Waals surface area contributed by atoms with Gasteiger partial charge in [-0.05, 0) is 31.5 Å². The highest BCUT2D eigenvalue weighted by atomic mass is 32.2. The van der Waals surface area contributed by atoms with E-state index in [-0.39, 0.29) is 17.2 Å². The number of ether oxygens (including phenoxy) is 1. The Morgan fingerprint density at radius 2 is 2.12 bits per heavy atom. The first kappa shape index (κ1) is 14.0. The smallest absolute Gasteiger partial charge is 0.244 e. The van der Waals surface area contributed by atoms with Crippen molar-refractivity contribution >= 4 is 10.0 Å². The lowest BCUT2D eigenvalue weighted by atomic mass is 10.2. The quantitative estimate of drug-likeness (QED) is 0.814. The number of aliphatic hydroxyl groups is 1. The van der Waals surface area contributed by atoms with Gasteiger partial charge in [0.15, 0.2) is 0 Å². The van der Waals surface area contributed by atoms with Crippen LogP contribution in [0.1, 0.15) is 12.5 Å². The maximum atomic E-state index is 12.0. The van der Waals surface area contributed by atoms with Crippen LogP contribution in [0.25, 0.3) is 0 Å². The minimum atomic E-state index is -3.66. The van der Waals surface area contributed by atoms with Crippen molar-refractivity contribution in [2.24, 2.45) is 0 Å². The molecule has 0 heterocycles. The maximum absolute atomic E-state index is 12.0. The molecule has 0 spiro atoms. The number of methoxy groups -OCH3 is 1. The Bertz CT molecular complexity index is 482. The zero-order valence-electron chi connectivity index (χ0n) is 10.1. The Kier molecular flexibility index (Phi) is 4.50. The molecule has 1 aromatic rings. The summed E-state index contributed by atoms with van der Waals surface area (Å²) in [4.78, 5) is 0.0839. The number of rotatable bonds is 5. The molecule has 5 nitrogen and oxygen atoms in total. The maximum Gasteiger partial charge on any atom is 0.244 e. The predicted molar refractivity (Wildman–Crippen MR) is 64.6 cm³/mol. The monoisotopic (exact) mass is 259 g/mol. The van der Waals surface area contributed by atoms with Crippen LogP contribution >= 0.6 is 0 Å². The fourth-order valence-electron chi connectivity index (χ4n) is 1.30. The van der Waals surface area contributed by atoms with Crippen LogP contribution in [-0.4, -0.2) is 33.3 Å². The van der Waals surface area contributed by atoms with Gasteiger partial charge in [-0.25, -0.2) is 13.1 Å². The van der Waals surface area contributed by atoms with Crippen molar-refractivity contribution in [3.63, 3.8) is 0 Å². The van der Waals surface area contributed by atoms with Crippen LogP contribution in [0.5, 0.6) is 5.75 Å². The molecule has 17 heavy (non-hydrogen) atoms. The summed E-state index contributed by atoms with van der Waals surface area (Å²) in [6.45, 7) is 3.28.